The molecule has 1 aliphatic rings. The van der Waals surface area contributed by atoms with Gasteiger partial charge in [-0.25, -0.2) is 0 Å². The number of anilines is 1. The molecular weight excluding hydrogens is 398 g/mol. The van der Waals surface area contributed by atoms with E-state index in [0.717, 1.165) is 32.4 Å². The molecule has 0 saturated carbocycles. The van der Waals surface area contributed by atoms with E-state index >= 15 is 0 Å². The molecule has 1 aliphatic heterocycles. The summed E-state index contributed by atoms with van der Waals surface area (Å²) in [4.78, 5) is 2.55. The lowest BCUT2D eigenvalue weighted by Crippen LogP contribution is -2.43. The van der Waals surface area contributed by atoms with Gasteiger partial charge in [0.1, 0.15) is 0 Å². The zero-order valence-electron chi connectivity index (χ0n) is 18.9. The predicted molar refractivity (Wildman–Crippen MR) is 125 cm³/mol. The molecule has 0 radical (unpaired) electrons. The highest BCUT2D eigenvalue weighted by Crippen LogP contribution is 2.19. The summed E-state index contributed by atoms with van der Waals surface area (Å²) >= 11 is 0. The van der Waals surface area contributed by atoms with Crippen LogP contribution in [0.5, 0.6) is 0 Å². The summed E-state index contributed by atoms with van der Waals surface area (Å²) in [6.07, 6.45) is 9.09. The fourth-order valence-corrected chi connectivity index (χ4v) is 5.06. The Morgan fingerprint density at radius 1 is 1.00 bits per heavy atom. The first-order chi connectivity index (χ1) is 14.5. The maximum Gasteiger partial charge on any atom is 0.301 e. The molecule has 0 atom stereocenters. The Hall–Kier alpha value is -1.15. The zero-order chi connectivity index (χ0) is 21.7. The number of unbranched alkanes of at least 4 members (excludes halogenated alkanes) is 4. The quantitative estimate of drug-likeness (QED) is 0.409. The number of rotatable bonds is 15. The van der Waals surface area contributed by atoms with E-state index in [2.05, 4.69) is 23.5 Å². The van der Waals surface area contributed by atoms with Gasteiger partial charge in [-0.1, -0.05) is 51.3 Å². The third-order valence-electron chi connectivity index (χ3n) is 5.76. The normalized spacial score (nSPS) is 16.2. The minimum Gasteiger partial charge on any atom is -0.378 e. The smallest absolute Gasteiger partial charge is 0.301 e. The van der Waals surface area contributed by atoms with Gasteiger partial charge in [-0.15, -0.1) is 0 Å². The predicted octanol–water partition coefficient (Wildman–Crippen LogP) is 4.51. The van der Waals surface area contributed by atoms with Crippen LogP contribution in [0, 0.1) is 0 Å². The first-order valence-electron chi connectivity index (χ1n) is 11.7. The van der Waals surface area contributed by atoms with Gasteiger partial charge in [0.05, 0.1) is 6.10 Å². The Balaban J connectivity index is 1.54. The first kappa shape index (κ1) is 25.1. The Labute approximate surface area is 184 Å². The number of para-hydroxylation sites is 1. The highest BCUT2D eigenvalue weighted by atomic mass is 32.2. The van der Waals surface area contributed by atoms with E-state index in [4.69, 9.17) is 4.74 Å². The van der Waals surface area contributed by atoms with E-state index in [0.29, 0.717) is 18.8 Å². The van der Waals surface area contributed by atoms with Gasteiger partial charge in [0, 0.05) is 25.4 Å². The Kier molecular flexibility index (Phi) is 11.7. The number of hydrogen-bond acceptors (Lipinski definition) is 4. The van der Waals surface area contributed by atoms with Crippen LogP contribution >= 0.6 is 0 Å². The second-order valence-corrected chi connectivity index (χ2v) is 9.82. The maximum atomic E-state index is 12.5. The van der Waals surface area contributed by atoms with Crippen LogP contribution < -0.4 is 4.72 Å². The molecule has 1 heterocycles. The van der Waals surface area contributed by atoms with Gasteiger partial charge in [-0.3, -0.25) is 4.72 Å². The van der Waals surface area contributed by atoms with Crippen molar-refractivity contribution < 1.29 is 13.2 Å². The fraction of sp³-hybridized carbons (Fsp3) is 0.739. The molecule has 2 rings (SSSR count). The van der Waals surface area contributed by atoms with Crippen LogP contribution in [0.3, 0.4) is 0 Å². The third-order valence-corrected chi connectivity index (χ3v) is 7.30. The van der Waals surface area contributed by atoms with E-state index in [1.807, 2.05) is 18.2 Å². The van der Waals surface area contributed by atoms with Crippen molar-refractivity contribution in [1.29, 1.82) is 0 Å². The molecule has 7 heteroatoms. The average molecular weight is 440 g/mol. The van der Waals surface area contributed by atoms with Crippen molar-refractivity contribution in [2.24, 2.45) is 0 Å². The summed E-state index contributed by atoms with van der Waals surface area (Å²) in [5.74, 6) is 0. The van der Waals surface area contributed by atoms with E-state index in [1.165, 1.54) is 49.5 Å². The van der Waals surface area contributed by atoms with Gasteiger partial charge in [0.2, 0.25) is 0 Å². The number of ether oxygens (including phenoxy) is 1. The summed E-state index contributed by atoms with van der Waals surface area (Å²) in [5, 5.41) is 0. The van der Waals surface area contributed by atoms with Crippen LogP contribution in [0.1, 0.15) is 65.2 Å². The minimum atomic E-state index is -3.49. The van der Waals surface area contributed by atoms with Gasteiger partial charge >= 0.3 is 10.2 Å². The molecule has 0 aromatic heterocycles. The summed E-state index contributed by atoms with van der Waals surface area (Å²) in [6, 6.07) is 9.04. The largest absolute Gasteiger partial charge is 0.378 e. The van der Waals surface area contributed by atoms with E-state index in [-0.39, 0.29) is 6.10 Å². The van der Waals surface area contributed by atoms with Crippen LogP contribution in [0.4, 0.5) is 5.69 Å². The topological polar surface area (TPSA) is 61.9 Å². The van der Waals surface area contributed by atoms with Gasteiger partial charge in [0.15, 0.2) is 0 Å². The Morgan fingerprint density at radius 3 is 2.33 bits per heavy atom. The van der Waals surface area contributed by atoms with Crippen LogP contribution in [0.15, 0.2) is 30.3 Å². The van der Waals surface area contributed by atoms with Crippen LogP contribution in [-0.2, 0) is 14.9 Å². The highest BCUT2D eigenvalue weighted by Gasteiger charge is 2.28. The molecule has 6 nitrogen and oxygen atoms in total. The fourth-order valence-electron chi connectivity index (χ4n) is 3.81. The van der Waals surface area contributed by atoms with E-state index < -0.39 is 10.2 Å². The molecule has 0 spiro atoms. The molecule has 172 valence electrons. The standard InChI is InChI=1S/C23H41N3O3S/c1-3-5-17-25(4-2)18-11-6-7-12-21-29-23-15-19-26(20-16-23)30(27,28)24-22-13-9-8-10-14-22/h8-10,13-14,23-24H,3-7,11-12,15-21H2,1-2H3. The second kappa shape index (κ2) is 14.0. The first-order valence-corrected chi connectivity index (χ1v) is 13.2. The van der Waals surface area contributed by atoms with Crippen molar-refractivity contribution in [3.05, 3.63) is 30.3 Å². The second-order valence-electron chi connectivity index (χ2n) is 8.14. The molecule has 0 bridgehead atoms. The molecule has 0 unspecified atom stereocenters. The Morgan fingerprint density at radius 2 is 1.67 bits per heavy atom. The van der Waals surface area contributed by atoms with Crippen molar-refractivity contribution in [1.82, 2.24) is 9.21 Å². The average Bonchev–Trinajstić information content (AvgIpc) is 2.76. The zero-order valence-corrected chi connectivity index (χ0v) is 19.7. The summed E-state index contributed by atoms with van der Waals surface area (Å²) in [5.41, 5.74) is 0.600. The lowest BCUT2D eigenvalue weighted by Gasteiger charge is -2.31. The molecule has 30 heavy (non-hydrogen) atoms. The third kappa shape index (κ3) is 9.33. The summed E-state index contributed by atoms with van der Waals surface area (Å²) in [6.45, 7) is 9.89. The molecule has 0 amide bonds. The van der Waals surface area contributed by atoms with Crippen molar-refractivity contribution in [2.75, 3.05) is 44.1 Å². The molecule has 1 N–H and O–H groups in total. The minimum absolute atomic E-state index is 0.179. The molecule has 1 saturated heterocycles. The van der Waals surface area contributed by atoms with Crippen molar-refractivity contribution in [3.8, 4) is 0 Å². The van der Waals surface area contributed by atoms with Crippen LogP contribution in [-0.4, -0.2) is 63.1 Å². The number of benzene rings is 1. The van der Waals surface area contributed by atoms with Crippen LogP contribution in [0.2, 0.25) is 0 Å². The van der Waals surface area contributed by atoms with Gasteiger partial charge in [-0.2, -0.15) is 12.7 Å². The summed E-state index contributed by atoms with van der Waals surface area (Å²) < 4.78 is 35.2. The SMILES string of the molecule is CCCCN(CC)CCCCCCOC1CCN(S(=O)(=O)Nc2ccccc2)CC1. The number of nitrogens with one attached hydrogen (secondary N) is 1. The highest BCUT2D eigenvalue weighted by molar-refractivity contribution is 7.90. The van der Waals surface area contributed by atoms with Gasteiger partial charge in [-0.05, 0) is 63.9 Å². The molecule has 1 fully saturated rings. The van der Waals surface area contributed by atoms with E-state index in [9.17, 15) is 8.42 Å². The number of piperidine rings is 1. The van der Waals surface area contributed by atoms with Gasteiger partial charge < -0.3 is 9.64 Å². The van der Waals surface area contributed by atoms with Gasteiger partial charge in [0.25, 0.3) is 0 Å². The number of nitrogens with zero attached hydrogens (tertiary/aromatic N) is 2. The lowest BCUT2D eigenvalue weighted by atomic mass is 10.1. The number of hydrogen-bond donors (Lipinski definition) is 1. The van der Waals surface area contributed by atoms with Crippen molar-refractivity contribution in [2.45, 2.75) is 71.3 Å². The monoisotopic (exact) mass is 439 g/mol. The lowest BCUT2D eigenvalue weighted by molar-refractivity contribution is 0.0193. The van der Waals surface area contributed by atoms with Crippen molar-refractivity contribution >= 4 is 15.9 Å². The van der Waals surface area contributed by atoms with Crippen LogP contribution in [0.25, 0.3) is 0 Å². The molecule has 1 aromatic rings. The molecular formula is C23H41N3O3S. The molecule has 0 aliphatic carbocycles. The van der Waals surface area contributed by atoms with E-state index in [1.54, 1.807) is 12.1 Å². The Bertz CT molecular complexity index is 662. The molecule has 1 aromatic carbocycles. The van der Waals surface area contributed by atoms with Crippen molar-refractivity contribution in [3.63, 3.8) is 0 Å². The maximum absolute atomic E-state index is 12.5. The summed E-state index contributed by atoms with van der Waals surface area (Å²) in [7, 11) is -3.49.